The van der Waals surface area contributed by atoms with Crippen molar-refractivity contribution >= 4 is 5.95 Å². The second-order valence-electron chi connectivity index (χ2n) is 5.57. The summed E-state index contributed by atoms with van der Waals surface area (Å²) in [7, 11) is 0. The number of aliphatic hydroxyl groups is 1. The van der Waals surface area contributed by atoms with Crippen LogP contribution in [0.2, 0.25) is 0 Å². The first-order valence-electron chi connectivity index (χ1n) is 7.48. The van der Waals surface area contributed by atoms with Crippen molar-refractivity contribution in [2.75, 3.05) is 44.2 Å². The fourth-order valence-corrected chi connectivity index (χ4v) is 3.06. The molecular formula is C14H22N4O2. The molecule has 0 atom stereocenters. The lowest BCUT2D eigenvalue weighted by atomic mass is 9.97. The molecule has 3 rings (SSSR count). The number of anilines is 1. The van der Waals surface area contributed by atoms with E-state index in [1.807, 2.05) is 0 Å². The maximum absolute atomic E-state index is 12.1. The highest BCUT2D eigenvalue weighted by atomic mass is 16.3. The van der Waals surface area contributed by atoms with Crippen LogP contribution in [0.4, 0.5) is 5.95 Å². The van der Waals surface area contributed by atoms with E-state index < -0.39 is 0 Å². The summed E-state index contributed by atoms with van der Waals surface area (Å²) in [5.41, 5.74) is 1.93. The summed E-state index contributed by atoms with van der Waals surface area (Å²) in [6.07, 6.45) is 4.02. The Morgan fingerprint density at radius 3 is 2.65 bits per heavy atom. The third-order valence-electron chi connectivity index (χ3n) is 4.27. The molecule has 1 aliphatic carbocycles. The molecule has 0 radical (unpaired) electrons. The summed E-state index contributed by atoms with van der Waals surface area (Å²) in [4.78, 5) is 24.1. The second-order valence-corrected chi connectivity index (χ2v) is 5.57. The van der Waals surface area contributed by atoms with Crippen LogP contribution in [0.1, 0.15) is 24.1 Å². The van der Waals surface area contributed by atoms with Crippen molar-refractivity contribution in [3.63, 3.8) is 0 Å². The van der Waals surface area contributed by atoms with Crippen molar-refractivity contribution in [2.24, 2.45) is 0 Å². The lowest BCUT2D eigenvalue weighted by molar-refractivity contribution is 0.188. The van der Waals surface area contributed by atoms with Gasteiger partial charge >= 0.3 is 0 Å². The van der Waals surface area contributed by atoms with Gasteiger partial charge in [-0.3, -0.25) is 14.7 Å². The van der Waals surface area contributed by atoms with E-state index in [9.17, 15) is 4.79 Å². The molecule has 1 aromatic heterocycles. The minimum atomic E-state index is 0.0440. The molecule has 6 heteroatoms. The first kappa shape index (κ1) is 13.6. The standard InChI is InChI=1S/C14H22N4O2/c19-10-9-17-5-7-18(8-6-17)14-15-12-4-2-1-3-11(12)13(20)16-14/h19H,1-10H2,(H,15,16,20). The summed E-state index contributed by atoms with van der Waals surface area (Å²) in [6, 6.07) is 0. The number of aryl methyl sites for hydroxylation is 1. The molecule has 1 aliphatic heterocycles. The minimum absolute atomic E-state index is 0.0440. The topological polar surface area (TPSA) is 72.5 Å². The molecule has 1 saturated heterocycles. The van der Waals surface area contributed by atoms with Crippen LogP contribution < -0.4 is 10.5 Å². The number of fused-ring (bicyclic) bond motifs is 1. The van der Waals surface area contributed by atoms with Crippen LogP contribution in [0, 0.1) is 0 Å². The van der Waals surface area contributed by atoms with Crippen LogP contribution in [-0.4, -0.2) is 59.3 Å². The fourth-order valence-electron chi connectivity index (χ4n) is 3.06. The average Bonchev–Trinajstić information content (AvgIpc) is 2.48. The molecule has 2 heterocycles. The molecule has 0 saturated carbocycles. The quantitative estimate of drug-likeness (QED) is 0.798. The number of H-pyrrole nitrogens is 1. The van der Waals surface area contributed by atoms with Gasteiger partial charge in [0.2, 0.25) is 5.95 Å². The van der Waals surface area contributed by atoms with Gasteiger partial charge in [0.05, 0.1) is 12.3 Å². The van der Waals surface area contributed by atoms with E-state index in [1.54, 1.807) is 0 Å². The largest absolute Gasteiger partial charge is 0.395 e. The van der Waals surface area contributed by atoms with Crippen molar-refractivity contribution in [1.29, 1.82) is 0 Å². The zero-order chi connectivity index (χ0) is 13.9. The zero-order valence-corrected chi connectivity index (χ0v) is 11.8. The lowest BCUT2D eigenvalue weighted by Crippen LogP contribution is -2.48. The van der Waals surface area contributed by atoms with Crippen LogP contribution in [0.25, 0.3) is 0 Å². The highest BCUT2D eigenvalue weighted by molar-refractivity contribution is 5.35. The molecule has 0 bridgehead atoms. The molecule has 1 fully saturated rings. The van der Waals surface area contributed by atoms with E-state index in [0.717, 1.165) is 75.6 Å². The van der Waals surface area contributed by atoms with E-state index in [2.05, 4.69) is 19.8 Å². The Hall–Kier alpha value is -1.40. The highest BCUT2D eigenvalue weighted by Gasteiger charge is 2.21. The van der Waals surface area contributed by atoms with Crippen LogP contribution in [0.15, 0.2) is 4.79 Å². The summed E-state index contributed by atoms with van der Waals surface area (Å²) in [6.45, 7) is 4.43. The number of aromatic amines is 1. The Balaban J connectivity index is 1.75. The van der Waals surface area contributed by atoms with Gasteiger partial charge in [0, 0.05) is 38.3 Å². The van der Waals surface area contributed by atoms with Crippen LogP contribution in [0.3, 0.4) is 0 Å². The average molecular weight is 278 g/mol. The van der Waals surface area contributed by atoms with Crippen molar-refractivity contribution < 1.29 is 5.11 Å². The van der Waals surface area contributed by atoms with Crippen LogP contribution in [-0.2, 0) is 12.8 Å². The van der Waals surface area contributed by atoms with Crippen molar-refractivity contribution in [3.05, 3.63) is 21.6 Å². The lowest BCUT2D eigenvalue weighted by Gasteiger charge is -2.34. The molecular weight excluding hydrogens is 256 g/mol. The van der Waals surface area contributed by atoms with Gasteiger partial charge in [0.1, 0.15) is 0 Å². The van der Waals surface area contributed by atoms with E-state index in [1.165, 1.54) is 0 Å². The Labute approximate surface area is 118 Å². The SMILES string of the molecule is O=c1[nH]c(N2CCN(CCO)CC2)nc2c1CCCC2. The Morgan fingerprint density at radius 1 is 1.15 bits per heavy atom. The predicted octanol–water partition coefficient (Wildman–Crippen LogP) is -0.237. The molecule has 20 heavy (non-hydrogen) atoms. The number of rotatable bonds is 3. The van der Waals surface area contributed by atoms with E-state index in [0.29, 0.717) is 0 Å². The summed E-state index contributed by atoms with van der Waals surface area (Å²) >= 11 is 0. The molecule has 0 amide bonds. The molecule has 2 aliphatic rings. The summed E-state index contributed by atoms with van der Waals surface area (Å²) < 4.78 is 0. The van der Waals surface area contributed by atoms with Crippen LogP contribution >= 0.6 is 0 Å². The Morgan fingerprint density at radius 2 is 1.90 bits per heavy atom. The molecule has 0 spiro atoms. The molecule has 0 aromatic carbocycles. The third kappa shape index (κ3) is 2.71. The zero-order valence-electron chi connectivity index (χ0n) is 11.8. The number of aliphatic hydroxyl groups excluding tert-OH is 1. The monoisotopic (exact) mass is 278 g/mol. The number of piperazine rings is 1. The van der Waals surface area contributed by atoms with Crippen molar-refractivity contribution in [2.45, 2.75) is 25.7 Å². The van der Waals surface area contributed by atoms with Gasteiger partial charge in [-0.25, -0.2) is 4.98 Å². The maximum Gasteiger partial charge on any atom is 0.255 e. The van der Waals surface area contributed by atoms with Crippen molar-refractivity contribution in [1.82, 2.24) is 14.9 Å². The number of β-amino-alcohol motifs (C(OH)–C–C–N with tert-alkyl or cyclic N) is 1. The van der Waals surface area contributed by atoms with Gasteiger partial charge in [-0.05, 0) is 25.7 Å². The molecule has 2 N–H and O–H groups in total. The van der Waals surface area contributed by atoms with E-state index in [4.69, 9.17) is 5.11 Å². The van der Waals surface area contributed by atoms with Gasteiger partial charge in [-0.2, -0.15) is 0 Å². The number of nitrogens with one attached hydrogen (secondary N) is 1. The summed E-state index contributed by atoms with van der Waals surface area (Å²) in [5.74, 6) is 0.722. The number of nitrogens with zero attached hydrogens (tertiary/aromatic N) is 3. The minimum Gasteiger partial charge on any atom is -0.395 e. The number of hydrogen-bond donors (Lipinski definition) is 2. The molecule has 6 nitrogen and oxygen atoms in total. The van der Waals surface area contributed by atoms with Gasteiger partial charge in [0.15, 0.2) is 0 Å². The normalized spacial score (nSPS) is 19.9. The fraction of sp³-hybridized carbons (Fsp3) is 0.714. The Bertz CT molecular complexity index is 520. The van der Waals surface area contributed by atoms with Gasteiger partial charge < -0.3 is 10.0 Å². The maximum atomic E-state index is 12.1. The molecule has 110 valence electrons. The van der Waals surface area contributed by atoms with Gasteiger partial charge in [-0.15, -0.1) is 0 Å². The first-order valence-corrected chi connectivity index (χ1v) is 7.48. The number of aromatic nitrogens is 2. The predicted molar refractivity (Wildman–Crippen MR) is 77.2 cm³/mol. The Kier molecular flexibility index (Phi) is 4.03. The number of hydrogen-bond acceptors (Lipinski definition) is 5. The smallest absolute Gasteiger partial charge is 0.255 e. The molecule has 0 unspecified atom stereocenters. The van der Waals surface area contributed by atoms with Gasteiger partial charge in [-0.1, -0.05) is 0 Å². The van der Waals surface area contributed by atoms with Crippen molar-refractivity contribution in [3.8, 4) is 0 Å². The third-order valence-corrected chi connectivity index (χ3v) is 4.27. The first-order chi connectivity index (χ1) is 9.78. The molecule has 1 aromatic rings. The van der Waals surface area contributed by atoms with E-state index >= 15 is 0 Å². The second kappa shape index (κ2) is 5.93. The van der Waals surface area contributed by atoms with Gasteiger partial charge in [0.25, 0.3) is 5.56 Å². The van der Waals surface area contributed by atoms with E-state index in [-0.39, 0.29) is 12.2 Å². The highest BCUT2D eigenvalue weighted by Crippen LogP contribution is 2.18. The van der Waals surface area contributed by atoms with Crippen LogP contribution in [0.5, 0.6) is 0 Å². The summed E-state index contributed by atoms with van der Waals surface area (Å²) in [5, 5.41) is 8.96.